The zero-order valence-electron chi connectivity index (χ0n) is 16.7. The largest absolute Gasteiger partial charge is 0.0843 e. The van der Waals surface area contributed by atoms with Crippen LogP contribution in [-0.2, 0) is 5.41 Å². The molecule has 3 aliphatic rings. The number of benzene rings is 4. The van der Waals surface area contributed by atoms with E-state index in [0.29, 0.717) is 0 Å². The Morgan fingerprint density at radius 2 is 0.844 bits per heavy atom. The quantitative estimate of drug-likeness (QED) is 0.248. The van der Waals surface area contributed by atoms with E-state index >= 15 is 0 Å². The van der Waals surface area contributed by atoms with Gasteiger partial charge >= 0.3 is 0 Å². The van der Waals surface area contributed by atoms with Gasteiger partial charge in [0.2, 0.25) is 0 Å². The number of fused-ring (bicyclic) bond motifs is 9. The van der Waals surface area contributed by atoms with Gasteiger partial charge in [0.1, 0.15) is 0 Å². The van der Waals surface area contributed by atoms with Crippen LogP contribution in [0.1, 0.15) is 56.7 Å². The minimum Gasteiger partial charge on any atom is -0.0843 e. The summed E-state index contributed by atoms with van der Waals surface area (Å²) in [4.78, 5) is 0. The third-order valence-electron chi connectivity index (χ3n) is 7.77. The molecule has 0 heterocycles. The van der Waals surface area contributed by atoms with Crippen LogP contribution in [0.2, 0.25) is 20.1 Å². The molecule has 0 aliphatic heterocycles. The molecule has 0 saturated heterocycles. The second-order valence-electron chi connectivity index (χ2n) is 9.06. The molecule has 0 spiro atoms. The van der Waals surface area contributed by atoms with Crippen molar-refractivity contribution >= 4 is 46.4 Å². The van der Waals surface area contributed by atoms with Gasteiger partial charge in [0.15, 0.2) is 0 Å². The Balaban J connectivity index is 1.69. The Morgan fingerprint density at radius 1 is 0.438 bits per heavy atom. The predicted molar refractivity (Wildman–Crippen MR) is 133 cm³/mol. The fourth-order valence-corrected chi connectivity index (χ4v) is 7.71. The number of hydrogen-bond donors (Lipinski definition) is 0. The maximum absolute atomic E-state index is 6.57. The highest BCUT2D eigenvalue weighted by atomic mass is 35.5. The van der Waals surface area contributed by atoms with Crippen LogP contribution < -0.4 is 0 Å². The molecule has 0 amide bonds. The fraction of sp³-hybridized carbons (Fsp3) is 0.143. The molecule has 3 aliphatic carbocycles. The second-order valence-corrected chi connectivity index (χ2v) is 10.8. The molecule has 0 aromatic heterocycles. The van der Waals surface area contributed by atoms with E-state index < -0.39 is 0 Å². The van der Waals surface area contributed by atoms with Crippen LogP contribution >= 0.6 is 46.4 Å². The van der Waals surface area contributed by atoms with E-state index in [2.05, 4.69) is 54.6 Å². The second kappa shape index (κ2) is 6.55. The Labute approximate surface area is 206 Å². The summed E-state index contributed by atoms with van der Waals surface area (Å²) in [5.41, 5.74) is 8.86. The van der Waals surface area contributed by atoms with Crippen molar-refractivity contribution in [3.8, 4) is 0 Å². The molecule has 0 bridgehead atoms. The Bertz CT molecular complexity index is 1310. The lowest BCUT2D eigenvalue weighted by molar-refractivity contribution is 0.386. The average molecular weight is 494 g/mol. The van der Waals surface area contributed by atoms with Gasteiger partial charge in [-0.25, -0.2) is 0 Å². The smallest absolute Gasteiger partial charge is 0.0409 e. The topological polar surface area (TPSA) is 0 Å². The Hall–Kier alpha value is -1.96. The van der Waals surface area contributed by atoms with Crippen LogP contribution in [0.4, 0.5) is 0 Å². The molecule has 4 atom stereocenters. The van der Waals surface area contributed by atoms with Gasteiger partial charge in [-0.2, -0.15) is 0 Å². The molecule has 0 fully saturated rings. The molecule has 32 heavy (non-hydrogen) atoms. The van der Waals surface area contributed by atoms with Crippen molar-refractivity contribution in [2.75, 3.05) is 0 Å². The number of hydrogen-bond acceptors (Lipinski definition) is 0. The standard InChI is InChI=1S/C28H16Cl4/c29-15-3-1-2-14(10-15)28-25-19-7-4-16(30)11-22(19)26(28)21-9-6-18(32)13-24(21)27(28)20-8-5-17(31)12-23(20)25/h1-13,25-27H/t25-,26-,27?,28?/m1/s1. The van der Waals surface area contributed by atoms with Crippen molar-refractivity contribution in [2.24, 2.45) is 0 Å². The molecule has 4 heteroatoms. The molecule has 4 aromatic carbocycles. The lowest BCUT2D eigenvalue weighted by Gasteiger charge is -2.37. The maximum Gasteiger partial charge on any atom is 0.0409 e. The first-order valence-electron chi connectivity index (χ1n) is 10.6. The van der Waals surface area contributed by atoms with Gasteiger partial charge in [0, 0.05) is 43.3 Å². The first-order chi connectivity index (χ1) is 15.5. The zero-order valence-corrected chi connectivity index (χ0v) is 19.8. The van der Waals surface area contributed by atoms with Crippen LogP contribution in [0.15, 0.2) is 78.9 Å². The van der Waals surface area contributed by atoms with E-state index in [1.165, 1.54) is 38.9 Å². The van der Waals surface area contributed by atoms with Crippen molar-refractivity contribution in [1.29, 1.82) is 0 Å². The minimum absolute atomic E-state index is 0.156. The highest BCUT2D eigenvalue weighted by Crippen LogP contribution is 2.76. The molecule has 0 N–H and O–H groups in total. The lowest BCUT2D eigenvalue weighted by Crippen LogP contribution is -2.33. The van der Waals surface area contributed by atoms with Crippen molar-refractivity contribution in [1.82, 2.24) is 0 Å². The summed E-state index contributed by atoms with van der Waals surface area (Å²) in [5, 5.41) is 3.03. The van der Waals surface area contributed by atoms with E-state index in [0.717, 1.165) is 20.1 Å². The summed E-state index contributed by atoms with van der Waals surface area (Å²) in [5.74, 6) is 0.467. The van der Waals surface area contributed by atoms with E-state index in [1.807, 2.05) is 24.3 Å². The monoisotopic (exact) mass is 492 g/mol. The summed E-state index contributed by atoms with van der Waals surface area (Å²) >= 11 is 26.2. The first-order valence-corrected chi connectivity index (χ1v) is 12.2. The number of halogens is 4. The molecule has 0 radical (unpaired) electrons. The van der Waals surface area contributed by atoms with Crippen molar-refractivity contribution in [3.05, 3.63) is 138 Å². The summed E-state index contributed by atoms with van der Waals surface area (Å²) < 4.78 is 0. The SMILES string of the molecule is Clc1cccc(C23C4c5cc(Cl)ccc5[C@@H]2c2cc(Cl)ccc2[C@@H]3c2cc(Cl)ccc24)c1. The van der Waals surface area contributed by atoms with E-state index in [-0.39, 0.29) is 23.2 Å². The molecular formula is C28H16Cl4. The van der Waals surface area contributed by atoms with Gasteiger partial charge in [-0.05, 0) is 87.5 Å². The highest BCUT2D eigenvalue weighted by molar-refractivity contribution is 6.31. The lowest BCUT2D eigenvalue weighted by atomic mass is 9.64. The van der Waals surface area contributed by atoms with Gasteiger partial charge in [-0.1, -0.05) is 76.7 Å². The average Bonchev–Trinajstić information content (AvgIpc) is 3.33. The summed E-state index contributed by atoms with van der Waals surface area (Å²) in [6.45, 7) is 0. The van der Waals surface area contributed by atoms with Crippen LogP contribution in [0.25, 0.3) is 0 Å². The van der Waals surface area contributed by atoms with Gasteiger partial charge in [0.05, 0.1) is 0 Å². The third kappa shape index (κ3) is 2.27. The van der Waals surface area contributed by atoms with E-state index in [1.54, 1.807) is 0 Å². The van der Waals surface area contributed by atoms with Gasteiger partial charge in [-0.3, -0.25) is 0 Å². The van der Waals surface area contributed by atoms with E-state index in [9.17, 15) is 0 Å². The maximum atomic E-state index is 6.57. The normalized spacial score (nSPS) is 25.9. The third-order valence-corrected chi connectivity index (χ3v) is 8.71. The fourth-order valence-electron chi connectivity index (χ4n) is 6.98. The molecular weight excluding hydrogens is 478 g/mol. The number of rotatable bonds is 1. The molecule has 2 unspecified atom stereocenters. The first kappa shape index (κ1) is 19.5. The van der Waals surface area contributed by atoms with Crippen LogP contribution in [0.5, 0.6) is 0 Å². The predicted octanol–water partition coefficient (Wildman–Crippen LogP) is 8.97. The molecule has 4 aromatic rings. The molecule has 0 saturated carbocycles. The van der Waals surface area contributed by atoms with Crippen molar-refractivity contribution in [3.63, 3.8) is 0 Å². The molecule has 156 valence electrons. The minimum atomic E-state index is -0.238. The highest BCUT2D eigenvalue weighted by Gasteiger charge is 2.68. The summed E-state index contributed by atoms with van der Waals surface area (Å²) in [7, 11) is 0. The summed E-state index contributed by atoms with van der Waals surface area (Å²) in [6.07, 6.45) is 0. The van der Waals surface area contributed by atoms with Crippen molar-refractivity contribution < 1.29 is 0 Å². The Kier molecular flexibility index (Phi) is 3.99. The molecule has 7 rings (SSSR count). The van der Waals surface area contributed by atoms with Gasteiger partial charge in [0.25, 0.3) is 0 Å². The van der Waals surface area contributed by atoms with Gasteiger partial charge < -0.3 is 0 Å². The van der Waals surface area contributed by atoms with Crippen LogP contribution in [0, 0.1) is 0 Å². The Morgan fingerprint density at radius 3 is 1.25 bits per heavy atom. The van der Waals surface area contributed by atoms with Crippen LogP contribution in [-0.4, -0.2) is 0 Å². The zero-order chi connectivity index (χ0) is 21.8. The summed E-state index contributed by atoms with van der Waals surface area (Å²) in [6, 6.07) is 27.5. The van der Waals surface area contributed by atoms with Gasteiger partial charge in [-0.15, -0.1) is 0 Å². The van der Waals surface area contributed by atoms with Crippen LogP contribution in [0.3, 0.4) is 0 Å². The van der Waals surface area contributed by atoms with E-state index in [4.69, 9.17) is 46.4 Å². The van der Waals surface area contributed by atoms with Crippen molar-refractivity contribution in [2.45, 2.75) is 23.2 Å². The molecule has 0 nitrogen and oxygen atoms in total.